The first kappa shape index (κ1) is 8.74. The molecule has 2 aliphatic rings. The molecule has 2 aliphatic carbocycles. The maximum Gasteiger partial charge on any atom is 0.136 e. The van der Waals surface area contributed by atoms with E-state index in [1.165, 1.54) is 19.3 Å². The van der Waals surface area contributed by atoms with E-state index in [2.05, 4.69) is 15.9 Å². The Hall–Kier alpha value is 0.150. The molecule has 1 nitrogen and oxygen atoms in total. The molecule has 3 atom stereocenters. The van der Waals surface area contributed by atoms with Gasteiger partial charge in [0, 0.05) is 17.2 Å². The van der Waals surface area contributed by atoms with Gasteiger partial charge in [-0.3, -0.25) is 4.79 Å². The van der Waals surface area contributed by atoms with Gasteiger partial charge in [-0.2, -0.15) is 0 Å². The van der Waals surface area contributed by atoms with Gasteiger partial charge in [-0.1, -0.05) is 22.4 Å². The summed E-state index contributed by atoms with van der Waals surface area (Å²) in [4.78, 5) is 12.2. The van der Waals surface area contributed by atoms with Crippen LogP contribution in [-0.2, 0) is 4.79 Å². The van der Waals surface area contributed by atoms with Gasteiger partial charge in [0.05, 0.1) is 0 Å². The molecule has 2 rings (SSSR count). The van der Waals surface area contributed by atoms with Gasteiger partial charge in [0.25, 0.3) is 0 Å². The molecule has 0 aromatic heterocycles. The summed E-state index contributed by atoms with van der Waals surface area (Å²) in [6.45, 7) is 0. The summed E-state index contributed by atoms with van der Waals surface area (Å²) < 4.78 is 0. The minimum Gasteiger partial charge on any atom is -0.299 e. The van der Waals surface area contributed by atoms with Crippen LogP contribution in [0.1, 0.15) is 38.5 Å². The van der Waals surface area contributed by atoms with Crippen LogP contribution < -0.4 is 0 Å². The highest BCUT2D eigenvalue weighted by Gasteiger charge is 2.37. The molecule has 0 aromatic carbocycles. The van der Waals surface area contributed by atoms with Crippen molar-refractivity contribution in [2.24, 2.45) is 11.8 Å². The fourth-order valence-corrected chi connectivity index (χ4v) is 3.65. The van der Waals surface area contributed by atoms with E-state index in [4.69, 9.17) is 0 Å². The first-order valence-electron chi connectivity index (χ1n) is 4.96. The Kier molecular flexibility index (Phi) is 2.54. The standard InChI is InChI=1S/C10H15BrO/c11-9-5-1-4-8-7(9)3-2-6-10(8)12/h7-9H,1-6H2/t7-,8+,9-/m1/s1. The van der Waals surface area contributed by atoms with Crippen LogP contribution in [0, 0.1) is 11.8 Å². The average molecular weight is 231 g/mol. The fourth-order valence-electron chi connectivity index (χ4n) is 2.69. The molecule has 2 fully saturated rings. The van der Waals surface area contributed by atoms with E-state index in [0.717, 1.165) is 19.3 Å². The predicted molar refractivity (Wildman–Crippen MR) is 52.4 cm³/mol. The summed E-state index contributed by atoms with van der Waals surface area (Å²) in [6.07, 6.45) is 6.91. The maximum atomic E-state index is 11.6. The van der Waals surface area contributed by atoms with E-state index in [-0.39, 0.29) is 0 Å². The van der Waals surface area contributed by atoms with Crippen molar-refractivity contribution < 1.29 is 4.79 Å². The molecule has 0 saturated heterocycles. The highest BCUT2D eigenvalue weighted by atomic mass is 79.9. The zero-order chi connectivity index (χ0) is 8.55. The molecule has 12 heavy (non-hydrogen) atoms. The van der Waals surface area contributed by atoms with Crippen molar-refractivity contribution in [2.45, 2.75) is 43.4 Å². The number of Topliss-reactive ketones (excluding diaryl/α,β-unsaturated/α-hetero) is 1. The zero-order valence-electron chi connectivity index (χ0n) is 7.26. The summed E-state index contributed by atoms with van der Waals surface area (Å²) in [5.74, 6) is 1.62. The van der Waals surface area contributed by atoms with Crippen LogP contribution in [0.15, 0.2) is 0 Å². The van der Waals surface area contributed by atoms with Crippen LogP contribution in [0.25, 0.3) is 0 Å². The first-order chi connectivity index (χ1) is 5.79. The molecule has 0 N–H and O–H groups in total. The molecular weight excluding hydrogens is 216 g/mol. The van der Waals surface area contributed by atoms with Crippen molar-refractivity contribution in [2.75, 3.05) is 0 Å². The molecule has 0 spiro atoms. The van der Waals surface area contributed by atoms with Gasteiger partial charge < -0.3 is 0 Å². The van der Waals surface area contributed by atoms with E-state index in [1.54, 1.807) is 0 Å². The minimum absolute atomic E-state index is 0.414. The molecule has 68 valence electrons. The Morgan fingerprint density at radius 1 is 1.17 bits per heavy atom. The number of carbonyl (C=O) groups is 1. The normalized spacial score (nSPS) is 42.4. The van der Waals surface area contributed by atoms with E-state index in [1.807, 2.05) is 0 Å². The highest BCUT2D eigenvalue weighted by Crippen LogP contribution is 2.41. The lowest BCUT2D eigenvalue weighted by Gasteiger charge is -2.37. The second-order valence-electron chi connectivity index (χ2n) is 4.08. The molecule has 0 heterocycles. The smallest absolute Gasteiger partial charge is 0.136 e. The van der Waals surface area contributed by atoms with Gasteiger partial charge in [-0.25, -0.2) is 0 Å². The maximum absolute atomic E-state index is 11.6. The summed E-state index contributed by atoms with van der Waals surface area (Å²) >= 11 is 3.71. The third-order valence-electron chi connectivity index (χ3n) is 3.35. The van der Waals surface area contributed by atoms with Crippen molar-refractivity contribution >= 4 is 21.7 Å². The first-order valence-corrected chi connectivity index (χ1v) is 5.87. The van der Waals surface area contributed by atoms with Crippen LogP contribution in [0.4, 0.5) is 0 Å². The molecule has 2 heteroatoms. The average Bonchev–Trinajstić information content (AvgIpc) is 2.07. The van der Waals surface area contributed by atoms with E-state index >= 15 is 0 Å². The number of ketones is 1. The van der Waals surface area contributed by atoms with Crippen LogP contribution in [-0.4, -0.2) is 10.6 Å². The Morgan fingerprint density at radius 3 is 2.75 bits per heavy atom. The summed E-state index contributed by atoms with van der Waals surface area (Å²) in [5, 5.41) is 0. The second-order valence-corrected chi connectivity index (χ2v) is 5.25. The molecule has 2 saturated carbocycles. The number of rotatable bonds is 0. The second kappa shape index (κ2) is 3.49. The Bertz CT molecular complexity index is 190. The van der Waals surface area contributed by atoms with Crippen LogP contribution in [0.2, 0.25) is 0 Å². The van der Waals surface area contributed by atoms with Gasteiger partial charge in [-0.15, -0.1) is 0 Å². The van der Waals surface area contributed by atoms with Gasteiger partial charge in [0.1, 0.15) is 5.78 Å². The third kappa shape index (κ3) is 1.46. The lowest BCUT2D eigenvalue weighted by Crippen LogP contribution is -2.36. The number of carbonyl (C=O) groups excluding carboxylic acids is 1. The monoisotopic (exact) mass is 230 g/mol. The lowest BCUT2D eigenvalue weighted by atomic mass is 9.70. The van der Waals surface area contributed by atoms with Crippen molar-refractivity contribution in [3.8, 4) is 0 Å². The van der Waals surface area contributed by atoms with E-state index in [0.29, 0.717) is 22.4 Å². The number of hydrogen-bond acceptors (Lipinski definition) is 1. The number of fused-ring (bicyclic) bond motifs is 1. The molecule has 0 bridgehead atoms. The molecular formula is C10H15BrO. The molecule has 0 aromatic rings. The van der Waals surface area contributed by atoms with Gasteiger partial charge in [0.2, 0.25) is 0 Å². The largest absolute Gasteiger partial charge is 0.299 e. The Morgan fingerprint density at radius 2 is 2.00 bits per heavy atom. The number of alkyl halides is 1. The number of hydrogen-bond donors (Lipinski definition) is 0. The summed E-state index contributed by atoms with van der Waals surface area (Å²) in [6, 6.07) is 0. The lowest BCUT2D eigenvalue weighted by molar-refractivity contribution is -0.127. The zero-order valence-corrected chi connectivity index (χ0v) is 8.85. The quantitative estimate of drug-likeness (QED) is 0.586. The summed E-state index contributed by atoms with van der Waals surface area (Å²) in [5.41, 5.74) is 0. The van der Waals surface area contributed by atoms with Crippen LogP contribution in [0.5, 0.6) is 0 Å². The predicted octanol–water partition coefficient (Wildman–Crippen LogP) is 2.92. The number of halogens is 1. The topological polar surface area (TPSA) is 17.1 Å². The summed E-state index contributed by atoms with van der Waals surface area (Å²) in [7, 11) is 0. The molecule has 0 aliphatic heterocycles. The van der Waals surface area contributed by atoms with Gasteiger partial charge in [0.15, 0.2) is 0 Å². The van der Waals surface area contributed by atoms with Crippen LogP contribution in [0.3, 0.4) is 0 Å². The Balaban J connectivity index is 2.10. The van der Waals surface area contributed by atoms with Crippen molar-refractivity contribution in [1.29, 1.82) is 0 Å². The Labute approximate surface area is 82.0 Å². The minimum atomic E-state index is 0.414. The van der Waals surface area contributed by atoms with Crippen molar-refractivity contribution in [3.63, 3.8) is 0 Å². The van der Waals surface area contributed by atoms with E-state index in [9.17, 15) is 4.79 Å². The fraction of sp³-hybridized carbons (Fsp3) is 0.900. The highest BCUT2D eigenvalue weighted by molar-refractivity contribution is 9.09. The molecule has 0 radical (unpaired) electrons. The van der Waals surface area contributed by atoms with Crippen molar-refractivity contribution in [3.05, 3.63) is 0 Å². The third-order valence-corrected chi connectivity index (χ3v) is 4.49. The van der Waals surface area contributed by atoms with Gasteiger partial charge >= 0.3 is 0 Å². The van der Waals surface area contributed by atoms with Crippen molar-refractivity contribution in [1.82, 2.24) is 0 Å². The van der Waals surface area contributed by atoms with Gasteiger partial charge in [-0.05, 0) is 31.6 Å². The molecule has 0 amide bonds. The van der Waals surface area contributed by atoms with Crippen LogP contribution >= 0.6 is 15.9 Å². The SMILES string of the molecule is O=C1CCC[C@H]2[C@H](Br)CCC[C@H]12. The molecule has 0 unspecified atom stereocenters. The van der Waals surface area contributed by atoms with E-state index < -0.39 is 0 Å².